The lowest BCUT2D eigenvalue weighted by Crippen LogP contribution is -2.30. The van der Waals surface area contributed by atoms with Crippen molar-refractivity contribution < 1.29 is 80.2 Å². The largest absolute Gasteiger partial charge is 0.472 e. The third kappa shape index (κ3) is 69.2. The van der Waals surface area contributed by atoms with E-state index < -0.39 is 97.5 Å². The summed E-state index contributed by atoms with van der Waals surface area (Å²) in [5.41, 5.74) is 0. The molecular formula is C77H150O17P2. The zero-order valence-corrected chi connectivity index (χ0v) is 64.8. The molecule has 96 heavy (non-hydrogen) atoms. The van der Waals surface area contributed by atoms with Crippen LogP contribution in [0.5, 0.6) is 0 Å². The van der Waals surface area contributed by atoms with Gasteiger partial charge in [0.05, 0.1) is 26.4 Å². The second kappa shape index (κ2) is 66.3. The average Bonchev–Trinajstić information content (AvgIpc) is 1.72. The second-order valence-corrected chi connectivity index (χ2v) is 32.3. The SMILES string of the molecule is CCC(C)CCCCCCCCCCC(=O)O[C@H](COC(=O)CCCCCCCCCCC(C)C)COP(=O)(O)OCC(O)COP(=O)(O)OC[C@@H](COC(=O)CCCCCCCCCCCCCCCCCCC(C)C)OC(=O)CCCCCCCCCCCCCC(C)C. The van der Waals surface area contributed by atoms with Crippen LogP contribution in [-0.4, -0.2) is 96.7 Å². The first-order chi connectivity index (χ1) is 46.1. The van der Waals surface area contributed by atoms with Gasteiger partial charge in [0.1, 0.15) is 19.3 Å². The monoisotopic (exact) mass is 1410 g/mol. The van der Waals surface area contributed by atoms with E-state index in [1.807, 2.05) is 0 Å². The summed E-state index contributed by atoms with van der Waals surface area (Å²) in [6.07, 6.45) is 51.3. The number of unbranched alkanes of at least 4 members (excludes halogenated alkanes) is 39. The summed E-state index contributed by atoms with van der Waals surface area (Å²) in [5, 5.41) is 10.6. The van der Waals surface area contributed by atoms with Crippen molar-refractivity contribution in [1.29, 1.82) is 0 Å². The molecule has 0 aromatic carbocycles. The molecule has 6 atom stereocenters. The van der Waals surface area contributed by atoms with Crippen molar-refractivity contribution >= 4 is 39.5 Å². The predicted octanol–water partition coefficient (Wildman–Crippen LogP) is 22.4. The van der Waals surface area contributed by atoms with Gasteiger partial charge in [-0.1, -0.05) is 338 Å². The molecule has 0 heterocycles. The number of phosphoric ester groups is 2. The smallest absolute Gasteiger partial charge is 0.462 e. The topological polar surface area (TPSA) is 237 Å². The number of ether oxygens (including phenoxy) is 4. The molecule has 0 amide bonds. The van der Waals surface area contributed by atoms with Crippen molar-refractivity contribution in [1.82, 2.24) is 0 Å². The summed E-state index contributed by atoms with van der Waals surface area (Å²) >= 11 is 0. The zero-order chi connectivity index (χ0) is 71.0. The molecule has 0 aromatic rings. The van der Waals surface area contributed by atoms with Crippen molar-refractivity contribution in [3.05, 3.63) is 0 Å². The molecule has 0 bridgehead atoms. The Bertz CT molecular complexity index is 1890. The molecule has 0 saturated carbocycles. The fraction of sp³-hybridized carbons (Fsp3) is 0.948. The maximum absolute atomic E-state index is 13.1. The standard InChI is InChI=1S/C77H150O17P2/c1-9-70(8)56-48-40-32-26-28-36-44-52-60-77(82)94-73(64-88-75(80)58-50-42-34-27-25-31-39-47-55-69(6)7)66-92-96(85,86)90-62-71(78)61-89-95(83,84)91-65-72(93-76(81)59-51-43-35-24-20-16-18-22-30-38-46-54-68(4)5)63-87-74(79)57-49-41-33-23-19-15-13-11-10-12-14-17-21-29-37-45-53-67(2)3/h67-73,78H,9-66H2,1-8H3,(H,83,84)(H,85,86)/t70?,71?,72-,73-/m1/s1. The summed E-state index contributed by atoms with van der Waals surface area (Å²) in [6, 6.07) is 0. The second-order valence-electron chi connectivity index (χ2n) is 29.4. The fourth-order valence-corrected chi connectivity index (χ4v) is 13.3. The van der Waals surface area contributed by atoms with Crippen molar-refractivity contribution in [3.8, 4) is 0 Å². The Morgan fingerprint density at radius 3 is 0.740 bits per heavy atom. The number of phosphoric acid groups is 2. The Balaban J connectivity index is 5.23. The van der Waals surface area contributed by atoms with Crippen molar-refractivity contribution in [3.63, 3.8) is 0 Å². The number of esters is 4. The van der Waals surface area contributed by atoms with E-state index in [4.69, 9.17) is 37.0 Å². The van der Waals surface area contributed by atoms with E-state index in [0.717, 1.165) is 114 Å². The lowest BCUT2D eigenvalue weighted by molar-refractivity contribution is -0.161. The molecule has 0 aliphatic rings. The first-order valence-electron chi connectivity index (χ1n) is 39.7. The Hall–Kier alpha value is -1.94. The number of hydrogen-bond acceptors (Lipinski definition) is 15. The predicted molar refractivity (Wildman–Crippen MR) is 391 cm³/mol. The molecule has 0 saturated heterocycles. The van der Waals surface area contributed by atoms with Crippen LogP contribution >= 0.6 is 15.6 Å². The van der Waals surface area contributed by atoms with E-state index in [2.05, 4.69) is 55.4 Å². The van der Waals surface area contributed by atoms with Crippen molar-refractivity contribution in [2.24, 2.45) is 23.7 Å². The lowest BCUT2D eigenvalue weighted by atomic mass is 9.99. The average molecular weight is 1410 g/mol. The Kier molecular flexibility index (Phi) is 65.0. The minimum absolute atomic E-state index is 0.104. The molecule has 0 aliphatic carbocycles. The van der Waals surface area contributed by atoms with E-state index in [1.54, 1.807) is 0 Å². The van der Waals surface area contributed by atoms with Gasteiger partial charge in [-0.15, -0.1) is 0 Å². The van der Waals surface area contributed by atoms with Crippen molar-refractivity contribution in [2.45, 2.75) is 408 Å². The third-order valence-electron chi connectivity index (χ3n) is 18.2. The Morgan fingerprint density at radius 1 is 0.292 bits per heavy atom. The fourth-order valence-electron chi connectivity index (χ4n) is 11.7. The Morgan fingerprint density at radius 2 is 0.500 bits per heavy atom. The molecule has 0 aliphatic heterocycles. The van der Waals surface area contributed by atoms with Gasteiger partial charge in [-0.05, 0) is 49.4 Å². The van der Waals surface area contributed by atoms with Gasteiger partial charge < -0.3 is 33.8 Å². The molecular weight excluding hydrogens is 1260 g/mol. The summed E-state index contributed by atoms with van der Waals surface area (Å²) in [6.45, 7) is 14.2. The zero-order valence-electron chi connectivity index (χ0n) is 63.0. The highest BCUT2D eigenvalue weighted by Gasteiger charge is 2.30. The molecule has 0 aromatic heterocycles. The van der Waals surface area contributed by atoms with Crippen LogP contribution in [0.2, 0.25) is 0 Å². The molecule has 19 heteroatoms. The summed E-state index contributed by atoms with van der Waals surface area (Å²) in [4.78, 5) is 72.8. The molecule has 570 valence electrons. The van der Waals surface area contributed by atoms with Gasteiger partial charge in [0.15, 0.2) is 12.2 Å². The highest BCUT2D eigenvalue weighted by atomic mass is 31.2. The lowest BCUT2D eigenvalue weighted by Gasteiger charge is -2.21. The van der Waals surface area contributed by atoms with Crippen LogP contribution in [0, 0.1) is 23.7 Å². The van der Waals surface area contributed by atoms with E-state index >= 15 is 0 Å². The van der Waals surface area contributed by atoms with E-state index in [9.17, 15) is 43.2 Å². The van der Waals surface area contributed by atoms with Crippen LogP contribution in [-0.2, 0) is 65.4 Å². The van der Waals surface area contributed by atoms with Crippen LogP contribution in [0.1, 0.15) is 389 Å². The number of aliphatic hydroxyl groups is 1. The van der Waals surface area contributed by atoms with Crippen molar-refractivity contribution in [2.75, 3.05) is 39.6 Å². The van der Waals surface area contributed by atoms with Gasteiger partial charge in [-0.25, -0.2) is 9.13 Å². The summed E-state index contributed by atoms with van der Waals surface area (Å²) in [7, 11) is -9.91. The maximum Gasteiger partial charge on any atom is 0.472 e. The molecule has 0 spiro atoms. The Labute approximate surface area is 588 Å². The van der Waals surface area contributed by atoms with Gasteiger partial charge >= 0.3 is 39.5 Å². The molecule has 0 fully saturated rings. The maximum atomic E-state index is 13.1. The molecule has 3 N–H and O–H groups in total. The summed E-state index contributed by atoms with van der Waals surface area (Å²) in [5.74, 6) is 0.952. The first-order valence-corrected chi connectivity index (χ1v) is 42.7. The van der Waals surface area contributed by atoms with E-state index in [0.29, 0.717) is 25.7 Å². The molecule has 17 nitrogen and oxygen atoms in total. The van der Waals surface area contributed by atoms with E-state index in [1.165, 1.54) is 193 Å². The third-order valence-corrected chi connectivity index (χ3v) is 20.1. The van der Waals surface area contributed by atoms with Gasteiger partial charge in [-0.2, -0.15) is 0 Å². The molecule has 0 rings (SSSR count). The minimum atomic E-state index is -4.96. The number of rotatable bonds is 74. The van der Waals surface area contributed by atoms with Crippen LogP contribution in [0.15, 0.2) is 0 Å². The first kappa shape index (κ1) is 94.1. The van der Waals surface area contributed by atoms with Gasteiger partial charge in [0.2, 0.25) is 0 Å². The van der Waals surface area contributed by atoms with Crippen LogP contribution < -0.4 is 0 Å². The number of carbonyl (C=O) groups excluding carboxylic acids is 4. The molecule has 0 radical (unpaired) electrons. The van der Waals surface area contributed by atoms with Crippen LogP contribution in [0.4, 0.5) is 0 Å². The summed E-state index contributed by atoms with van der Waals surface area (Å²) < 4.78 is 68.6. The minimum Gasteiger partial charge on any atom is -0.462 e. The van der Waals surface area contributed by atoms with E-state index in [-0.39, 0.29) is 25.7 Å². The van der Waals surface area contributed by atoms with Gasteiger partial charge in [0, 0.05) is 25.7 Å². The highest BCUT2D eigenvalue weighted by molar-refractivity contribution is 7.47. The number of aliphatic hydroxyl groups excluding tert-OH is 1. The quantitative estimate of drug-likeness (QED) is 0.0222. The number of carbonyl (C=O) groups is 4. The van der Waals surface area contributed by atoms with Gasteiger partial charge in [-0.3, -0.25) is 37.3 Å². The van der Waals surface area contributed by atoms with Crippen LogP contribution in [0.25, 0.3) is 0 Å². The van der Waals surface area contributed by atoms with Gasteiger partial charge in [0.25, 0.3) is 0 Å². The number of hydrogen-bond donors (Lipinski definition) is 3. The normalized spacial score (nSPS) is 14.4. The molecule has 4 unspecified atom stereocenters. The highest BCUT2D eigenvalue weighted by Crippen LogP contribution is 2.45. The van der Waals surface area contributed by atoms with Crippen LogP contribution in [0.3, 0.4) is 0 Å².